The summed E-state index contributed by atoms with van der Waals surface area (Å²) in [7, 11) is 1.68. The Labute approximate surface area is 136 Å². The lowest BCUT2D eigenvalue weighted by molar-refractivity contribution is 0.414. The molecule has 118 valence electrons. The molecule has 0 bridgehead atoms. The topological polar surface area (TPSA) is 9.23 Å². The number of hydrogen-bond acceptors (Lipinski definition) is 1. The van der Waals surface area contributed by atoms with Crippen LogP contribution in [-0.4, -0.2) is 7.11 Å². The molecule has 1 aromatic carbocycles. The zero-order valence-corrected chi connectivity index (χ0v) is 14.3. The molecule has 1 aromatic rings. The van der Waals surface area contributed by atoms with Crippen molar-refractivity contribution in [1.82, 2.24) is 0 Å². The van der Waals surface area contributed by atoms with Crippen LogP contribution in [0.2, 0.25) is 0 Å². The van der Waals surface area contributed by atoms with Crippen LogP contribution in [0.4, 0.5) is 0 Å². The van der Waals surface area contributed by atoms with Gasteiger partial charge in [-0.2, -0.15) is 0 Å². The fraction of sp³-hybridized carbons (Fsp3) is 0.238. The van der Waals surface area contributed by atoms with Gasteiger partial charge in [-0.25, -0.2) is 0 Å². The zero-order chi connectivity index (χ0) is 17.6. The highest BCUT2D eigenvalue weighted by atomic mass is 16.5. The van der Waals surface area contributed by atoms with Gasteiger partial charge in [0.05, 0.1) is 7.11 Å². The lowest BCUT2D eigenvalue weighted by atomic mass is 9.75. The van der Waals surface area contributed by atoms with Gasteiger partial charge in [0.15, 0.2) is 0 Å². The van der Waals surface area contributed by atoms with Crippen LogP contribution in [0.15, 0.2) is 73.9 Å². The summed E-state index contributed by atoms with van der Waals surface area (Å²) in [6.45, 7) is 16.3. The first-order chi connectivity index (χ1) is 10.6. The van der Waals surface area contributed by atoms with E-state index < -0.39 is 0 Å². The maximum atomic E-state index is 5.20. The molecule has 1 rings (SSSR count). The lowest BCUT2D eigenvalue weighted by Gasteiger charge is -2.28. The van der Waals surface area contributed by atoms with Crippen molar-refractivity contribution in [2.75, 3.05) is 7.11 Å². The summed E-state index contributed by atoms with van der Waals surface area (Å²) in [6, 6.07) is 8.15. The van der Waals surface area contributed by atoms with Crippen molar-refractivity contribution < 1.29 is 4.74 Å². The van der Waals surface area contributed by atoms with Gasteiger partial charge in [-0.05, 0) is 44.0 Å². The van der Waals surface area contributed by atoms with Crippen LogP contribution < -0.4 is 4.74 Å². The first-order valence-corrected chi connectivity index (χ1v) is 7.03. The monoisotopic (exact) mass is 296 g/mol. The van der Waals surface area contributed by atoms with E-state index in [1.807, 2.05) is 25.1 Å². The summed E-state index contributed by atoms with van der Waals surface area (Å²) in [5, 5.41) is 0. The molecule has 0 aliphatic rings. The molecule has 0 aliphatic carbocycles. The Balaban J connectivity index is 0. The molecule has 0 spiro atoms. The van der Waals surface area contributed by atoms with Gasteiger partial charge < -0.3 is 4.74 Å². The zero-order valence-electron chi connectivity index (χ0n) is 14.3. The number of rotatable bonds is 5. The molecule has 0 aromatic heterocycles. The lowest BCUT2D eigenvalue weighted by Crippen LogP contribution is -2.20. The van der Waals surface area contributed by atoms with E-state index in [0.29, 0.717) is 0 Å². The number of allylic oxidation sites excluding steroid dienone is 5. The third-order valence-electron chi connectivity index (χ3n) is 3.35. The highest BCUT2D eigenvalue weighted by Crippen LogP contribution is 2.34. The van der Waals surface area contributed by atoms with Crippen LogP contribution in [0, 0.1) is 12.8 Å². The van der Waals surface area contributed by atoms with E-state index in [2.05, 4.69) is 76.8 Å². The number of terminal acetylenes is 1. The van der Waals surface area contributed by atoms with Gasteiger partial charge in [0.2, 0.25) is 0 Å². The second kappa shape index (κ2) is 12.3. The Bertz CT molecular complexity index is 502. The average Bonchev–Trinajstić information content (AvgIpc) is 2.62. The van der Waals surface area contributed by atoms with Crippen LogP contribution in [0.5, 0.6) is 5.75 Å². The molecule has 0 saturated carbocycles. The Morgan fingerprint density at radius 2 is 1.64 bits per heavy atom. The molecule has 0 aliphatic heterocycles. The standard InChI is InChI=1S/C17H22O.C2H4.C2H2/c1-6-9-14(7-2)17(4,8-3)15-10-12-16(18-5)13-11-15;2*1-2/h6-13H,3H2,1-2,4-5H3;1-2H2;1-2H/b9-6-,14-7+;;. The van der Waals surface area contributed by atoms with Crippen molar-refractivity contribution in [3.05, 3.63) is 79.4 Å². The maximum absolute atomic E-state index is 5.20. The quantitative estimate of drug-likeness (QED) is 0.384. The molecule has 1 unspecified atom stereocenters. The van der Waals surface area contributed by atoms with Crippen molar-refractivity contribution in [3.8, 4) is 18.6 Å². The second-order valence-corrected chi connectivity index (χ2v) is 4.38. The largest absolute Gasteiger partial charge is 0.497 e. The van der Waals surface area contributed by atoms with Crippen LogP contribution >= 0.6 is 0 Å². The highest BCUT2D eigenvalue weighted by molar-refractivity contribution is 5.46. The first-order valence-electron chi connectivity index (χ1n) is 7.03. The number of hydrogen-bond donors (Lipinski definition) is 0. The Morgan fingerprint density at radius 1 is 1.14 bits per heavy atom. The molecule has 0 radical (unpaired) electrons. The minimum atomic E-state index is -0.173. The fourth-order valence-electron chi connectivity index (χ4n) is 2.09. The van der Waals surface area contributed by atoms with Gasteiger partial charge in [0, 0.05) is 5.41 Å². The number of benzene rings is 1. The summed E-state index contributed by atoms with van der Waals surface area (Å²) >= 11 is 0. The van der Waals surface area contributed by atoms with Gasteiger partial charge in [0.1, 0.15) is 5.75 Å². The van der Waals surface area contributed by atoms with Crippen molar-refractivity contribution >= 4 is 0 Å². The summed E-state index contributed by atoms with van der Waals surface area (Å²) in [5.41, 5.74) is 2.28. The average molecular weight is 296 g/mol. The van der Waals surface area contributed by atoms with E-state index >= 15 is 0 Å². The second-order valence-electron chi connectivity index (χ2n) is 4.38. The molecule has 0 saturated heterocycles. The minimum absolute atomic E-state index is 0.173. The van der Waals surface area contributed by atoms with E-state index in [4.69, 9.17) is 4.74 Å². The normalized spacial score (nSPS) is 12.9. The maximum Gasteiger partial charge on any atom is 0.118 e. The van der Waals surface area contributed by atoms with Crippen LogP contribution in [-0.2, 0) is 5.41 Å². The minimum Gasteiger partial charge on any atom is -0.497 e. The van der Waals surface area contributed by atoms with Crippen LogP contribution in [0.25, 0.3) is 0 Å². The third kappa shape index (κ3) is 5.50. The van der Waals surface area contributed by atoms with E-state index in [9.17, 15) is 0 Å². The van der Waals surface area contributed by atoms with Crippen LogP contribution in [0.3, 0.4) is 0 Å². The van der Waals surface area contributed by atoms with Gasteiger partial charge in [-0.15, -0.1) is 32.6 Å². The Kier molecular flexibility index (Phi) is 12.2. The third-order valence-corrected chi connectivity index (χ3v) is 3.35. The van der Waals surface area contributed by atoms with E-state index in [-0.39, 0.29) is 5.41 Å². The predicted molar refractivity (Wildman–Crippen MR) is 100 cm³/mol. The first kappa shape index (κ1) is 21.8. The molecule has 1 atom stereocenters. The van der Waals surface area contributed by atoms with Crippen molar-refractivity contribution in [1.29, 1.82) is 0 Å². The SMILES string of the molecule is C#C.C=C.C=CC(C)(C(/C=C\C)=C/C)c1ccc(OC)cc1. The number of ether oxygens (including phenoxy) is 1. The Hall–Kier alpha value is -2.46. The Morgan fingerprint density at radius 3 is 1.95 bits per heavy atom. The summed E-state index contributed by atoms with van der Waals surface area (Å²) in [4.78, 5) is 0. The molecule has 0 heterocycles. The summed E-state index contributed by atoms with van der Waals surface area (Å²) < 4.78 is 5.20. The predicted octanol–water partition coefficient (Wildman–Crippen LogP) is 5.71. The van der Waals surface area contributed by atoms with Gasteiger partial charge in [-0.1, -0.05) is 36.4 Å². The molecule has 0 amide bonds. The molecule has 1 nitrogen and oxygen atoms in total. The van der Waals surface area contributed by atoms with Gasteiger partial charge >= 0.3 is 0 Å². The van der Waals surface area contributed by atoms with E-state index in [1.54, 1.807) is 7.11 Å². The van der Waals surface area contributed by atoms with Crippen molar-refractivity contribution in [2.24, 2.45) is 0 Å². The molecular formula is C21H28O. The van der Waals surface area contributed by atoms with Crippen molar-refractivity contribution in [3.63, 3.8) is 0 Å². The molecular weight excluding hydrogens is 268 g/mol. The summed E-state index contributed by atoms with van der Waals surface area (Å²) in [6.07, 6.45) is 16.3. The van der Waals surface area contributed by atoms with Gasteiger partial charge in [0.25, 0.3) is 0 Å². The molecule has 0 fully saturated rings. The highest BCUT2D eigenvalue weighted by Gasteiger charge is 2.25. The fourth-order valence-corrected chi connectivity index (χ4v) is 2.09. The van der Waals surface area contributed by atoms with Crippen molar-refractivity contribution in [2.45, 2.75) is 26.2 Å². The van der Waals surface area contributed by atoms with E-state index in [0.717, 1.165) is 5.75 Å². The van der Waals surface area contributed by atoms with Gasteiger partial charge in [-0.3, -0.25) is 0 Å². The van der Waals surface area contributed by atoms with Crippen LogP contribution in [0.1, 0.15) is 26.3 Å². The molecule has 22 heavy (non-hydrogen) atoms. The number of methoxy groups -OCH3 is 1. The molecule has 0 N–H and O–H groups in total. The smallest absolute Gasteiger partial charge is 0.118 e. The molecule has 1 heteroatoms. The van der Waals surface area contributed by atoms with E-state index in [1.165, 1.54) is 11.1 Å². The summed E-state index contributed by atoms with van der Waals surface area (Å²) in [5.74, 6) is 0.873.